The molecule has 1 aromatic carbocycles. The Morgan fingerprint density at radius 1 is 1.33 bits per heavy atom. The van der Waals surface area contributed by atoms with Gasteiger partial charge in [-0.05, 0) is 11.6 Å². The summed E-state index contributed by atoms with van der Waals surface area (Å²) in [6.45, 7) is 0.885. The Bertz CT molecular complexity index is 370. The summed E-state index contributed by atoms with van der Waals surface area (Å²) in [4.78, 5) is 0. The van der Waals surface area contributed by atoms with Crippen molar-refractivity contribution in [2.45, 2.75) is 6.04 Å². The van der Waals surface area contributed by atoms with Crippen LogP contribution in [-0.4, -0.2) is 24.9 Å². The van der Waals surface area contributed by atoms with E-state index < -0.39 is 6.04 Å². The molecule has 1 aliphatic heterocycles. The zero-order chi connectivity index (χ0) is 10.8. The second kappa shape index (κ2) is 4.26. The highest BCUT2D eigenvalue weighted by atomic mass is 35.5. The Morgan fingerprint density at radius 3 is 2.53 bits per heavy atom. The molecule has 0 saturated carbocycles. The van der Waals surface area contributed by atoms with Crippen LogP contribution in [0, 0.1) is 0 Å². The lowest BCUT2D eigenvalue weighted by molar-refractivity contribution is 0.171. The second-order valence-corrected chi connectivity index (χ2v) is 3.71. The monoisotopic (exact) mass is 229 g/mol. The standard InChI is InChI=1S/C10H12ClNO3/c11-7-4-10-9(14-1-2-15-10)3-6(7)8(12)5-13/h3-4,8,13H,1-2,5,12H2. The van der Waals surface area contributed by atoms with Gasteiger partial charge in [0.15, 0.2) is 11.5 Å². The minimum absolute atomic E-state index is 0.153. The van der Waals surface area contributed by atoms with E-state index in [1.165, 1.54) is 0 Å². The maximum absolute atomic E-state index is 8.96. The fourth-order valence-electron chi connectivity index (χ4n) is 1.46. The lowest BCUT2D eigenvalue weighted by Crippen LogP contribution is -2.18. The average molecular weight is 230 g/mol. The lowest BCUT2D eigenvalue weighted by atomic mass is 10.1. The number of ether oxygens (including phenoxy) is 2. The van der Waals surface area contributed by atoms with E-state index in [9.17, 15) is 0 Å². The molecule has 1 aliphatic rings. The third kappa shape index (κ3) is 2.02. The van der Waals surface area contributed by atoms with Crippen LogP contribution >= 0.6 is 11.6 Å². The molecular weight excluding hydrogens is 218 g/mol. The largest absolute Gasteiger partial charge is 0.486 e. The summed E-state index contributed by atoms with van der Waals surface area (Å²) in [6.07, 6.45) is 0. The molecule has 1 atom stereocenters. The van der Waals surface area contributed by atoms with E-state index in [1.54, 1.807) is 12.1 Å². The van der Waals surface area contributed by atoms with Crippen molar-refractivity contribution >= 4 is 11.6 Å². The van der Waals surface area contributed by atoms with Crippen LogP contribution in [-0.2, 0) is 0 Å². The zero-order valence-electron chi connectivity index (χ0n) is 8.07. The van der Waals surface area contributed by atoms with E-state index in [1.807, 2.05) is 0 Å². The van der Waals surface area contributed by atoms with E-state index >= 15 is 0 Å². The first-order chi connectivity index (χ1) is 7.22. The molecule has 0 saturated heterocycles. The molecule has 1 unspecified atom stereocenters. The Balaban J connectivity index is 2.40. The lowest BCUT2D eigenvalue weighted by Gasteiger charge is -2.21. The van der Waals surface area contributed by atoms with Gasteiger partial charge in [-0.1, -0.05) is 11.6 Å². The number of hydrogen-bond acceptors (Lipinski definition) is 4. The van der Waals surface area contributed by atoms with Crippen LogP contribution < -0.4 is 15.2 Å². The van der Waals surface area contributed by atoms with Gasteiger partial charge < -0.3 is 20.3 Å². The number of aliphatic hydroxyl groups is 1. The van der Waals surface area contributed by atoms with E-state index in [-0.39, 0.29) is 6.61 Å². The molecule has 0 aromatic heterocycles. The van der Waals surface area contributed by atoms with Crippen molar-refractivity contribution in [1.29, 1.82) is 0 Å². The van der Waals surface area contributed by atoms with Crippen molar-refractivity contribution < 1.29 is 14.6 Å². The van der Waals surface area contributed by atoms with Gasteiger partial charge in [0.1, 0.15) is 13.2 Å². The van der Waals surface area contributed by atoms with E-state index in [0.717, 1.165) is 0 Å². The summed E-state index contributed by atoms with van der Waals surface area (Å²) in [5, 5.41) is 9.45. The molecule has 2 rings (SSSR count). The molecule has 0 bridgehead atoms. The predicted octanol–water partition coefficient (Wildman–Crippen LogP) is 1.10. The minimum atomic E-state index is -0.492. The first-order valence-electron chi connectivity index (χ1n) is 4.68. The van der Waals surface area contributed by atoms with Crippen LogP contribution in [0.1, 0.15) is 11.6 Å². The summed E-state index contributed by atoms with van der Waals surface area (Å²) in [5.41, 5.74) is 6.37. The molecule has 0 radical (unpaired) electrons. The van der Waals surface area contributed by atoms with E-state index in [4.69, 9.17) is 31.9 Å². The molecule has 0 aliphatic carbocycles. The molecule has 5 heteroatoms. The van der Waals surface area contributed by atoms with Crippen molar-refractivity contribution in [1.82, 2.24) is 0 Å². The number of fused-ring (bicyclic) bond motifs is 1. The van der Waals surface area contributed by atoms with Crippen molar-refractivity contribution in [2.75, 3.05) is 19.8 Å². The number of nitrogens with two attached hydrogens (primary N) is 1. The number of benzene rings is 1. The van der Waals surface area contributed by atoms with Crippen LogP contribution in [0.25, 0.3) is 0 Å². The van der Waals surface area contributed by atoms with Crippen LogP contribution in [0.2, 0.25) is 5.02 Å². The summed E-state index contributed by atoms with van der Waals surface area (Å²) < 4.78 is 10.8. The van der Waals surface area contributed by atoms with Crippen LogP contribution in [0.4, 0.5) is 0 Å². The van der Waals surface area contributed by atoms with E-state index in [0.29, 0.717) is 35.3 Å². The van der Waals surface area contributed by atoms with Gasteiger partial charge in [0, 0.05) is 11.1 Å². The zero-order valence-corrected chi connectivity index (χ0v) is 8.83. The van der Waals surface area contributed by atoms with Gasteiger partial charge in [0.25, 0.3) is 0 Å². The molecule has 3 N–H and O–H groups in total. The van der Waals surface area contributed by atoms with Crippen LogP contribution in [0.15, 0.2) is 12.1 Å². The Hall–Kier alpha value is -0.970. The number of aliphatic hydroxyl groups excluding tert-OH is 1. The molecule has 0 spiro atoms. The highest BCUT2D eigenvalue weighted by Gasteiger charge is 2.17. The maximum Gasteiger partial charge on any atom is 0.162 e. The Labute approximate surface area is 92.5 Å². The maximum atomic E-state index is 8.96. The molecule has 0 fully saturated rings. The quantitative estimate of drug-likeness (QED) is 0.797. The molecule has 15 heavy (non-hydrogen) atoms. The topological polar surface area (TPSA) is 64.7 Å². The molecule has 0 amide bonds. The highest BCUT2D eigenvalue weighted by Crippen LogP contribution is 2.36. The van der Waals surface area contributed by atoms with Gasteiger partial charge in [-0.25, -0.2) is 0 Å². The molecule has 1 heterocycles. The summed E-state index contributed by atoms with van der Waals surface area (Å²) in [6, 6.07) is 2.90. The highest BCUT2D eigenvalue weighted by molar-refractivity contribution is 6.31. The van der Waals surface area contributed by atoms with Gasteiger partial charge >= 0.3 is 0 Å². The molecule has 82 valence electrons. The van der Waals surface area contributed by atoms with Crippen molar-refractivity contribution in [3.8, 4) is 11.5 Å². The Morgan fingerprint density at radius 2 is 1.93 bits per heavy atom. The van der Waals surface area contributed by atoms with Gasteiger partial charge in [-0.3, -0.25) is 0 Å². The van der Waals surface area contributed by atoms with Gasteiger partial charge in [0.05, 0.1) is 12.6 Å². The normalized spacial score (nSPS) is 16.2. The first-order valence-corrected chi connectivity index (χ1v) is 5.05. The summed E-state index contributed by atoms with van der Waals surface area (Å²) in [7, 11) is 0. The minimum Gasteiger partial charge on any atom is -0.486 e. The third-order valence-electron chi connectivity index (χ3n) is 2.26. The van der Waals surface area contributed by atoms with Crippen molar-refractivity contribution in [3.63, 3.8) is 0 Å². The fourth-order valence-corrected chi connectivity index (χ4v) is 1.76. The van der Waals surface area contributed by atoms with Crippen molar-refractivity contribution in [2.24, 2.45) is 5.73 Å². The average Bonchev–Trinajstić information content (AvgIpc) is 2.27. The number of hydrogen-bond donors (Lipinski definition) is 2. The summed E-state index contributed by atoms with van der Waals surface area (Å²) >= 11 is 6.01. The molecular formula is C10H12ClNO3. The van der Waals surface area contributed by atoms with Crippen LogP contribution in [0.5, 0.6) is 11.5 Å². The smallest absolute Gasteiger partial charge is 0.162 e. The summed E-state index contributed by atoms with van der Waals surface area (Å²) in [5.74, 6) is 1.25. The van der Waals surface area contributed by atoms with Gasteiger partial charge in [-0.2, -0.15) is 0 Å². The fraction of sp³-hybridized carbons (Fsp3) is 0.400. The van der Waals surface area contributed by atoms with Gasteiger partial charge in [-0.15, -0.1) is 0 Å². The predicted molar refractivity (Wildman–Crippen MR) is 56.5 cm³/mol. The molecule has 4 nitrogen and oxygen atoms in total. The third-order valence-corrected chi connectivity index (χ3v) is 2.58. The molecule has 1 aromatic rings. The van der Waals surface area contributed by atoms with Crippen molar-refractivity contribution in [3.05, 3.63) is 22.7 Å². The van der Waals surface area contributed by atoms with E-state index in [2.05, 4.69) is 0 Å². The number of rotatable bonds is 2. The second-order valence-electron chi connectivity index (χ2n) is 3.31. The SMILES string of the molecule is NC(CO)c1cc2c(cc1Cl)OCCO2. The van der Waals surface area contributed by atoms with Gasteiger partial charge in [0.2, 0.25) is 0 Å². The Kier molecular flexibility index (Phi) is 3.00. The van der Waals surface area contributed by atoms with Crippen LogP contribution in [0.3, 0.4) is 0 Å². The first kappa shape index (κ1) is 10.5. The number of halogens is 1.